The summed E-state index contributed by atoms with van der Waals surface area (Å²) in [5.41, 5.74) is 6.98. The molecular weight excluding hydrogens is 330 g/mol. The first-order valence-corrected chi connectivity index (χ1v) is 8.12. The van der Waals surface area contributed by atoms with Gasteiger partial charge in [-0.25, -0.2) is 0 Å². The quantitative estimate of drug-likeness (QED) is 0.827. The molecule has 4 nitrogen and oxygen atoms in total. The summed E-state index contributed by atoms with van der Waals surface area (Å²) in [5, 5.41) is 4.07. The highest BCUT2D eigenvalue weighted by Crippen LogP contribution is 2.17. The molecule has 1 aromatic carbocycles. The van der Waals surface area contributed by atoms with Gasteiger partial charge in [0.15, 0.2) is 5.82 Å². The van der Waals surface area contributed by atoms with Crippen molar-refractivity contribution >= 4 is 15.9 Å². The van der Waals surface area contributed by atoms with Gasteiger partial charge in [0.2, 0.25) is 5.89 Å². The van der Waals surface area contributed by atoms with Crippen LogP contribution in [0.25, 0.3) is 0 Å². The molecule has 21 heavy (non-hydrogen) atoms. The Labute approximate surface area is 134 Å². The first kappa shape index (κ1) is 16.2. The monoisotopic (exact) mass is 351 g/mol. The van der Waals surface area contributed by atoms with E-state index in [1.54, 1.807) is 0 Å². The molecule has 2 N–H and O–H groups in total. The second-order valence-electron chi connectivity index (χ2n) is 5.85. The lowest BCUT2D eigenvalue weighted by Gasteiger charge is -2.14. The van der Waals surface area contributed by atoms with Gasteiger partial charge in [-0.05, 0) is 42.5 Å². The Morgan fingerprint density at radius 2 is 2.14 bits per heavy atom. The maximum atomic E-state index is 5.82. The SMILES string of the molecule is CC(C)C[C@H](CN)Cc1nc(Cc2cccc(Br)c2)no1. The van der Waals surface area contributed by atoms with Crippen molar-refractivity contribution in [3.8, 4) is 0 Å². The third-order valence-corrected chi connectivity index (χ3v) is 3.86. The van der Waals surface area contributed by atoms with Crippen LogP contribution in [0.3, 0.4) is 0 Å². The molecule has 0 bridgehead atoms. The number of nitrogens with zero attached hydrogens (tertiary/aromatic N) is 2. The summed E-state index contributed by atoms with van der Waals surface area (Å²) in [6.45, 7) is 5.06. The molecule has 0 fully saturated rings. The van der Waals surface area contributed by atoms with Crippen molar-refractivity contribution in [1.29, 1.82) is 0 Å². The van der Waals surface area contributed by atoms with Gasteiger partial charge in [0.1, 0.15) is 0 Å². The molecule has 2 aromatic rings. The molecule has 0 aliphatic heterocycles. The fourth-order valence-corrected chi connectivity index (χ4v) is 2.90. The highest BCUT2D eigenvalue weighted by Gasteiger charge is 2.15. The molecule has 0 spiro atoms. The van der Waals surface area contributed by atoms with Crippen molar-refractivity contribution in [2.24, 2.45) is 17.6 Å². The van der Waals surface area contributed by atoms with E-state index in [1.165, 1.54) is 0 Å². The van der Waals surface area contributed by atoms with Crippen LogP contribution in [0.15, 0.2) is 33.3 Å². The number of hydrogen-bond donors (Lipinski definition) is 1. The van der Waals surface area contributed by atoms with Crippen molar-refractivity contribution in [1.82, 2.24) is 10.1 Å². The van der Waals surface area contributed by atoms with Gasteiger partial charge in [-0.2, -0.15) is 4.98 Å². The van der Waals surface area contributed by atoms with E-state index in [0.717, 1.165) is 28.7 Å². The van der Waals surface area contributed by atoms with Crippen molar-refractivity contribution in [2.75, 3.05) is 6.54 Å². The summed E-state index contributed by atoms with van der Waals surface area (Å²) in [6.07, 6.45) is 2.53. The van der Waals surface area contributed by atoms with E-state index < -0.39 is 0 Å². The van der Waals surface area contributed by atoms with Gasteiger partial charge in [0.25, 0.3) is 0 Å². The molecule has 0 aliphatic carbocycles. The number of rotatable bonds is 7. The van der Waals surface area contributed by atoms with Gasteiger partial charge in [0.05, 0.1) is 0 Å². The number of aromatic nitrogens is 2. The zero-order valence-electron chi connectivity index (χ0n) is 12.6. The average Bonchev–Trinajstić information content (AvgIpc) is 2.84. The molecule has 0 amide bonds. The van der Waals surface area contributed by atoms with E-state index in [0.29, 0.717) is 30.7 Å². The Morgan fingerprint density at radius 3 is 2.81 bits per heavy atom. The van der Waals surface area contributed by atoms with E-state index in [9.17, 15) is 0 Å². The highest BCUT2D eigenvalue weighted by atomic mass is 79.9. The molecule has 0 saturated heterocycles. The normalized spacial score (nSPS) is 12.8. The van der Waals surface area contributed by atoms with E-state index in [2.05, 4.69) is 52.1 Å². The smallest absolute Gasteiger partial charge is 0.226 e. The first-order valence-electron chi connectivity index (χ1n) is 7.32. The van der Waals surface area contributed by atoms with Crippen LogP contribution >= 0.6 is 15.9 Å². The lowest BCUT2D eigenvalue weighted by Crippen LogP contribution is -2.19. The molecular formula is C16H22BrN3O. The maximum Gasteiger partial charge on any atom is 0.226 e. The van der Waals surface area contributed by atoms with Crippen LogP contribution in [0.5, 0.6) is 0 Å². The second-order valence-corrected chi connectivity index (χ2v) is 6.76. The van der Waals surface area contributed by atoms with E-state index in [-0.39, 0.29) is 0 Å². The number of benzene rings is 1. The zero-order chi connectivity index (χ0) is 15.2. The minimum Gasteiger partial charge on any atom is -0.339 e. The minimum absolute atomic E-state index is 0.407. The lowest BCUT2D eigenvalue weighted by atomic mass is 9.94. The summed E-state index contributed by atoms with van der Waals surface area (Å²) >= 11 is 3.47. The summed E-state index contributed by atoms with van der Waals surface area (Å²) in [7, 11) is 0. The molecule has 1 heterocycles. The number of nitrogens with two attached hydrogens (primary N) is 1. The fraction of sp³-hybridized carbons (Fsp3) is 0.500. The molecule has 0 aliphatic rings. The molecule has 1 atom stereocenters. The number of hydrogen-bond acceptors (Lipinski definition) is 4. The molecule has 2 rings (SSSR count). The molecule has 0 radical (unpaired) electrons. The van der Waals surface area contributed by atoms with E-state index >= 15 is 0 Å². The third-order valence-electron chi connectivity index (χ3n) is 3.36. The van der Waals surface area contributed by atoms with Crippen LogP contribution in [0.4, 0.5) is 0 Å². The molecule has 114 valence electrons. The van der Waals surface area contributed by atoms with Gasteiger partial charge >= 0.3 is 0 Å². The van der Waals surface area contributed by atoms with Crippen LogP contribution in [0, 0.1) is 11.8 Å². The molecule has 0 unspecified atom stereocenters. The summed E-state index contributed by atoms with van der Waals surface area (Å²) in [6, 6.07) is 8.14. The zero-order valence-corrected chi connectivity index (χ0v) is 14.1. The van der Waals surface area contributed by atoms with Crippen LogP contribution in [-0.4, -0.2) is 16.7 Å². The Morgan fingerprint density at radius 1 is 1.33 bits per heavy atom. The Balaban J connectivity index is 1.97. The van der Waals surface area contributed by atoms with Gasteiger partial charge in [-0.3, -0.25) is 0 Å². The van der Waals surface area contributed by atoms with Crippen LogP contribution in [0.2, 0.25) is 0 Å². The predicted molar refractivity (Wildman–Crippen MR) is 86.9 cm³/mol. The van der Waals surface area contributed by atoms with Crippen LogP contribution in [-0.2, 0) is 12.8 Å². The van der Waals surface area contributed by atoms with Crippen molar-refractivity contribution in [3.05, 3.63) is 46.0 Å². The Bertz CT molecular complexity index is 568. The first-order chi connectivity index (χ1) is 10.1. The third kappa shape index (κ3) is 5.25. The second kappa shape index (κ2) is 7.71. The molecule has 1 aromatic heterocycles. The minimum atomic E-state index is 0.407. The summed E-state index contributed by atoms with van der Waals surface area (Å²) in [5.74, 6) is 2.45. The van der Waals surface area contributed by atoms with Crippen molar-refractivity contribution in [3.63, 3.8) is 0 Å². The largest absolute Gasteiger partial charge is 0.339 e. The topological polar surface area (TPSA) is 64.9 Å². The van der Waals surface area contributed by atoms with Crippen molar-refractivity contribution < 1.29 is 4.52 Å². The Hall–Kier alpha value is -1.20. The van der Waals surface area contributed by atoms with Gasteiger partial charge in [-0.15, -0.1) is 0 Å². The fourth-order valence-electron chi connectivity index (χ4n) is 2.45. The highest BCUT2D eigenvalue weighted by molar-refractivity contribution is 9.10. The summed E-state index contributed by atoms with van der Waals surface area (Å²) < 4.78 is 6.41. The predicted octanol–water partition coefficient (Wildman–Crippen LogP) is 3.59. The van der Waals surface area contributed by atoms with E-state index in [1.807, 2.05) is 12.1 Å². The standard InChI is InChI=1S/C16H22BrN3O/c1-11(2)6-13(10-18)9-16-19-15(20-21-16)8-12-4-3-5-14(17)7-12/h3-5,7,11,13H,6,8-10,18H2,1-2H3/t13-/m0/s1. The van der Waals surface area contributed by atoms with Gasteiger partial charge in [0, 0.05) is 17.3 Å². The van der Waals surface area contributed by atoms with Crippen molar-refractivity contribution in [2.45, 2.75) is 33.1 Å². The molecule has 0 saturated carbocycles. The number of halogens is 1. The Kier molecular flexibility index (Phi) is 5.94. The summed E-state index contributed by atoms with van der Waals surface area (Å²) in [4.78, 5) is 4.48. The van der Waals surface area contributed by atoms with Crippen LogP contribution < -0.4 is 5.73 Å². The van der Waals surface area contributed by atoms with E-state index in [4.69, 9.17) is 10.3 Å². The molecule has 5 heteroatoms. The average molecular weight is 352 g/mol. The van der Waals surface area contributed by atoms with Gasteiger partial charge < -0.3 is 10.3 Å². The van der Waals surface area contributed by atoms with Crippen LogP contribution in [0.1, 0.15) is 37.5 Å². The van der Waals surface area contributed by atoms with Gasteiger partial charge in [-0.1, -0.05) is 47.1 Å². The maximum absolute atomic E-state index is 5.82. The lowest BCUT2D eigenvalue weighted by molar-refractivity contribution is 0.329.